The number of likely N-dealkylation sites (N-methyl/N-ethyl adjacent to an activating group) is 2. The Morgan fingerprint density at radius 2 is 2.03 bits per heavy atom. The van der Waals surface area contributed by atoms with Crippen LogP contribution in [0.4, 0.5) is 11.6 Å². The van der Waals surface area contributed by atoms with Gasteiger partial charge in [0.25, 0.3) is 0 Å². The first-order valence-corrected chi connectivity index (χ1v) is 11.6. The van der Waals surface area contributed by atoms with Gasteiger partial charge in [0.2, 0.25) is 5.91 Å². The number of carbonyl (C=O) groups is 1. The molecule has 0 fully saturated rings. The van der Waals surface area contributed by atoms with Crippen LogP contribution in [0.25, 0.3) is 22.1 Å². The van der Waals surface area contributed by atoms with Gasteiger partial charge in [-0.15, -0.1) is 5.10 Å². The summed E-state index contributed by atoms with van der Waals surface area (Å²) in [5.74, 6) is 1.48. The zero-order valence-electron chi connectivity index (χ0n) is 20.4. The number of anilines is 2. The smallest absolute Gasteiger partial charge is 0.244 e. The van der Waals surface area contributed by atoms with Crippen molar-refractivity contribution >= 4 is 39.6 Å². The molecule has 12 nitrogen and oxygen atoms in total. The van der Waals surface area contributed by atoms with Crippen LogP contribution in [0.2, 0.25) is 0 Å². The van der Waals surface area contributed by atoms with E-state index < -0.39 is 0 Å². The number of nitrogens with one attached hydrogen (secondary N) is 2. The Bertz CT molecular complexity index is 1500. The number of carbonyl (C=O) groups excluding carboxylic acids is 1. The van der Waals surface area contributed by atoms with Gasteiger partial charge in [0.05, 0.1) is 18.0 Å². The summed E-state index contributed by atoms with van der Waals surface area (Å²) in [6.07, 6.45) is 6.33. The van der Waals surface area contributed by atoms with Gasteiger partial charge in [-0.1, -0.05) is 30.8 Å². The first-order valence-electron chi connectivity index (χ1n) is 11.6. The van der Waals surface area contributed by atoms with Crippen molar-refractivity contribution in [1.29, 1.82) is 0 Å². The van der Waals surface area contributed by atoms with E-state index in [2.05, 4.69) is 65.6 Å². The molecule has 4 heterocycles. The molecule has 0 aliphatic carbocycles. The Morgan fingerprint density at radius 1 is 1.16 bits per heavy atom. The van der Waals surface area contributed by atoms with Crippen molar-refractivity contribution in [1.82, 2.24) is 44.8 Å². The number of aryl methyl sites for hydroxylation is 1. The molecule has 1 aromatic carbocycles. The Morgan fingerprint density at radius 3 is 2.84 bits per heavy atom. The van der Waals surface area contributed by atoms with Gasteiger partial charge in [-0.25, -0.2) is 24.6 Å². The second-order valence-corrected chi connectivity index (χ2v) is 8.63. The number of para-hydroxylation sites is 1. The maximum atomic E-state index is 12.6. The van der Waals surface area contributed by atoms with Crippen LogP contribution in [0.3, 0.4) is 0 Å². The summed E-state index contributed by atoms with van der Waals surface area (Å²) >= 11 is 0. The summed E-state index contributed by atoms with van der Waals surface area (Å²) in [4.78, 5) is 37.2. The molecule has 5 aromatic rings. The van der Waals surface area contributed by atoms with E-state index in [-0.39, 0.29) is 19.9 Å². The normalized spacial score (nSPS) is 10.9. The molecule has 0 atom stereocenters. The van der Waals surface area contributed by atoms with E-state index in [1.807, 2.05) is 13.1 Å². The van der Waals surface area contributed by atoms with Crippen LogP contribution in [-0.4, -0.2) is 77.9 Å². The van der Waals surface area contributed by atoms with Crippen molar-refractivity contribution in [3.8, 4) is 0 Å². The molecule has 0 aliphatic rings. The highest BCUT2D eigenvalue weighted by atomic mass is 16.2. The second-order valence-electron chi connectivity index (χ2n) is 8.63. The number of pyridine rings is 1. The third-order valence-electron chi connectivity index (χ3n) is 6.10. The first kappa shape index (κ1) is 25.5. The zero-order valence-corrected chi connectivity index (χ0v) is 20.4. The minimum atomic E-state index is -0.0366. The van der Waals surface area contributed by atoms with Gasteiger partial charge in [0, 0.05) is 50.9 Å². The van der Waals surface area contributed by atoms with Crippen LogP contribution in [0.15, 0.2) is 49.3 Å². The average Bonchev–Trinajstić information content (AvgIpc) is 3.58. The van der Waals surface area contributed by atoms with Crippen LogP contribution in [0.5, 0.6) is 0 Å². The zero-order chi connectivity index (χ0) is 25.1. The van der Waals surface area contributed by atoms with Crippen LogP contribution < -0.4 is 10.2 Å². The molecule has 0 radical (unpaired) electrons. The van der Waals surface area contributed by atoms with Crippen molar-refractivity contribution in [3.63, 3.8) is 0 Å². The van der Waals surface area contributed by atoms with E-state index in [9.17, 15) is 4.79 Å². The molecular weight excluding hydrogens is 470 g/mol. The minimum absolute atomic E-state index is 0. The van der Waals surface area contributed by atoms with E-state index in [1.54, 1.807) is 30.7 Å². The number of nitrogens with zero attached hydrogens (tertiary/aromatic N) is 9. The molecule has 192 valence electrons. The van der Waals surface area contributed by atoms with Crippen LogP contribution in [0.1, 0.15) is 18.6 Å². The van der Waals surface area contributed by atoms with Gasteiger partial charge in [-0.2, -0.15) is 0 Å². The fraction of sp³-hybridized carbons (Fsp3) is 0.320. The summed E-state index contributed by atoms with van der Waals surface area (Å²) in [7, 11) is 3.78. The molecular formula is C25H31N11O. The maximum Gasteiger partial charge on any atom is 0.244 e. The Balaban J connectivity index is 0.00000320. The molecule has 2 N–H and O–H groups in total. The molecule has 37 heavy (non-hydrogen) atoms. The topological polar surface area (TPSA) is 134 Å². The number of benzene rings is 1. The van der Waals surface area contributed by atoms with Crippen LogP contribution in [-0.2, 0) is 17.9 Å². The fourth-order valence-corrected chi connectivity index (χ4v) is 4.03. The summed E-state index contributed by atoms with van der Waals surface area (Å²) in [5.41, 5.74) is 4.44. The molecule has 4 aromatic heterocycles. The summed E-state index contributed by atoms with van der Waals surface area (Å²) < 4.78 is 1.52. The molecule has 1 amide bonds. The Kier molecular flexibility index (Phi) is 7.56. The lowest BCUT2D eigenvalue weighted by Crippen LogP contribution is -2.37. The highest BCUT2D eigenvalue weighted by molar-refractivity contribution is 5.85. The SMILES string of the molecule is C.Cc1cccc2cc(CNc3ncnc4nc[nH]c34)c(N(C)CCN(C)C(=O)Cn3ccnn3)nc12. The van der Waals surface area contributed by atoms with Gasteiger partial charge < -0.3 is 20.1 Å². The number of fused-ring (bicyclic) bond motifs is 2. The molecule has 0 saturated heterocycles. The highest BCUT2D eigenvalue weighted by Crippen LogP contribution is 2.26. The van der Waals surface area contributed by atoms with Gasteiger partial charge in [0.1, 0.15) is 24.2 Å². The van der Waals surface area contributed by atoms with Crippen molar-refractivity contribution in [2.75, 3.05) is 37.4 Å². The third kappa shape index (κ3) is 5.47. The van der Waals surface area contributed by atoms with Crippen molar-refractivity contribution in [3.05, 3.63) is 60.4 Å². The van der Waals surface area contributed by atoms with Crippen LogP contribution >= 0.6 is 0 Å². The largest absolute Gasteiger partial charge is 0.364 e. The van der Waals surface area contributed by atoms with Crippen molar-refractivity contribution in [2.45, 2.75) is 27.4 Å². The maximum absolute atomic E-state index is 12.6. The van der Waals surface area contributed by atoms with E-state index in [0.717, 1.165) is 33.4 Å². The third-order valence-corrected chi connectivity index (χ3v) is 6.10. The fourth-order valence-electron chi connectivity index (χ4n) is 4.03. The number of rotatable bonds is 9. The predicted molar refractivity (Wildman–Crippen MR) is 143 cm³/mol. The lowest BCUT2D eigenvalue weighted by Gasteiger charge is -2.25. The summed E-state index contributed by atoms with van der Waals surface area (Å²) in [6, 6.07) is 8.31. The summed E-state index contributed by atoms with van der Waals surface area (Å²) in [5, 5.41) is 12.1. The predicted octanol–water partition coefficient (Wildman–Crippen LogP) is 2.64. The monoisotopic (exact) mass is 501 g/mol. The lowest BCUT2D eigenvalue weighted by atomic mass is 10.1. The quantitative estimate of drug-likeness (QED) is 0.313. The number of aromatic amines is 1. The average molecular weight is 502 g/mol. The van der Waals surface area contributed by atoms with E-state index in [0.29, 0.717) is 31.1 Å². The highest BCUT2D eigenvalue weighted by Gasteiger charge is 2.16. The molecule has 0 saturated carbocycles. The lowest BCUT2D eigenvalue weighted by molar-refractivity contribution is -0.130. The summed E-state index contributed by atoms with van der Waals surface area (Å²) in [6.45, 7) is 3.86. The first-order chi connectivity index (χ1) is 17.5. The molecule has 12 heteroatoms. The Labute approximate surface area is 214 Å². The Hall–Kier alpha value is -4.61. The van der Waals surface area contributed by atoms with Gasteiger partial charge in [-0.05, 0) is 18.6 Å². The number of aromatic nitrogens is 8. The number of H-pyrrole nitrogens is 1. The molecule has 0 bridgehead atoms. The van der Waals surface area contributed by atoms with Gasteiger partial charge in [-0.3, -0.25) is 4.79 Å². The van der Waals surface area contributed by atoms with Crippen LogP contribution in [0, 0.1) is 6.92 Å². The standard InChI is InChI=1S/C24H27N11O.CH4/c1-16-5-4-6-17-11-18(12-25-22-21-23(27-14-26-21)29-15-28-22)24(31-20(16)17)34(3)10-9-33(2)19(36)13-35-8-7-30-32-35;/h4-8,11,14-15H,9-10,12-13H2,1-3H3,(H2,25,26,27,28,29);1H4. The second kappa shape index (κ2) is 11.0. The van der Waals surface area contributed by atoms with E-state index in [4.69, 9.17) is 4.98 Å². The molecule has 0 aliphatic heterocycles. The van der Waals surface area contributed by atoms with Gasteiger partial charge >= 0.3 is 0 Å². The van der Waals surface area contributed by atoms with E-state index >= 15 is 0 Å². The number of hydrogen-bond donors (Lipinski definition) is 2. The minimum Gasteiger partial charge on any atom is -0.364 e. The molecule has 0 unspecified atom stereocenters. The van der Waals surface area contributed by atoms with E-state index in [1.165, 1.54) is 11.0 Å². The van der Waals surface area contributed by atoms with Crippen molar-refractivity contribution in [2.24, 2.45) is 0 Å². The number of imidazole rings is 1. The van der Waals surface area contributed by atoms with Crippen molar-refractivity contribution < 1.29 is 4.79 Å². The number of hydrogen-bond acceptors (Lipinski definition) is 9. The molecule has 0 spiro atoms. The molecule has 5 rings (SSSR count). The number of amides is 1. The van der Waals surface area contributed by atoms with Gasteiger partial charge in [0.15, 0.2) is 11.5 Å².